The second-order valence-electron chi connectivity index (χ2n) is 8.22. The monoisotopic (exact) mass is 681 g/mol. The lowest BCUT2D eigenvalue weighted by molar-refractivity contribution is 0.102. The molecule has 0 bridgehead atoms. The van der Waals surface area contributed by atoms with E-state index in [1.165, 1.54) is 0 Å². The number of carbonyl (C=O) groups excluding carboxylic acids is 2. The van der Waals surface area contributed by atoms with Gasteiger partial charge < -0.3 is 29.7 Å². The largest absolute Gasteiger partial charge is 0.507 e. The molecule has 0 fully saturated rings. The van der Waals surface area contributed by atoms with Crippen LogP contribution >= 0.6 is 61.6 Å². The van der Waals surface area contributed by atoms with Gasteiger partial charge in [0.1, 0.15) is 32.5 Å². The SMILES string of the molecule is O=Nc1cc(P(=O)(O)O)ccc1C(=O)c1[nH]c(Cl)c(Cl)c1-n1c(C(=O)c2ccc(P(=O)(O)O)cc2O)cc(Cl)c1Cl. The molecule has 13 nitrogen and oxygen atoms in total. The molecule has 0 amide bonds. The van der Waals surface area contributed by atoms with E-state index in [0.29, 0.717) is 6.07 Å². The number of ketones is 2. The Balaban J connectivity index is 1.92. The molecule has 2 heterocycles. The van der Waals surface area contributed by atoms with E-state index in [2.05, 4.69) is 10.2 Å². The number of aromatic hydroxyl groups is 1. The van der Waals surface area contributed by atoms with Crippen molar-refractivity contribution in [3.8, 4) is 11.4 Å². The molecular weight excluding hydrogens is 670 g/mol. The number of rotatable bonds is 8. The first-order chi connectivity index (χ1) is 19.0. The number of nitrogens with zero attached hydrogens (tertiary/aromatic N) is 2. The highest BCUT2D eigenvalue weighted by atomic mass is 35.5. The van der Waals surface area contributed by atoms with Crippen molar-refractivity contribution in [3.63, 3.8) is 0 Å². The molecule has 2 aromatic heterocycles. The average molecular weight is 683 g/mol. The number of phenols is 1. The summed E-state index contributed by atoms with van der Waals surface area (Å²) < 4.78 is 24.0. The number of hydrogen-bond acceptors (Lipinski definition) is 7. The Kier molecular flexibility index (Phi) is 8.45. The van der Waals surface area contributed by atoms with Crippen LogP contribution in [0.1, 0.15) is 32.1 Å². The van der Waals surface area contributed by atoms with Gasteiger partial charge in [-0.15, -0.1) is 4.91 Å². The Morgan fingerprint density at radius 1 is 0.829 bits per heavy atom. The van der Waals surface area contributed by atoms with Crippen LogP contribution in [0, 0.1) is 4.91 Å². The number of halogens is 4. The van der Waals surface area contributed by atoms with E-state index in [1.807, 2.05) is 0 Å². The average Bonchev–Trinajstić information content (AvgIpc) is 3.35. The second kappa shape index (κ2) is 11.1. The van der Waals surface area contributed by atoms with Crippen molar-refractivity contribution < 1.29 is 43.4 Å². The highest BCUT2D eigenvalue weighted by molar-refractivity contribution is 7.60. The third-order valence-corrected chi connectivity index (χ3v) is 9.08. The van der Waals surface area contributed by atoms with E-state index in [0.717, 1.165) is 41.0 Å². The summed E-state index contributed by atoms with van der Waals surface area (Å²) in [5.74, 6) is -2.77. The number of H-pyrrole nitrogens is 1. The summed E-state index contributed by atoms with van der Waals surface area (Å²) in [5, 5.41) is 10.7. The van der Waals surface area contributed by atoms with E-state index in [9.17, 15) is 48.3 Å². The molecule has 0 aliphatic carbocycles. The third kappa shape index (κ3) is 5.79. The Morgan fingerprint density at radius 2 is 1.39 bits per heavy atom. The van der Waals surface area contributed by atoms with Crippen molar-refractivity contribution in [3.05, 3.63) is 90.2 Å². The van der Waals surface area contributed by atoms with Gasteiger partial charge in [0.05, 0.1) is 38.1 Å². The van der Waals surface area contributed by atoms with Gasteiger partial charge in [-0.05, 0) is 47.6 Å². The van der Waals surface area contributed by atoms with Crippen LogP contribution in [0.5, 0.6) is 5.75 Å². The maximum atomic E-state index is 13.6. The van der Waals surface area contributed by atoms with E-state index in [4.69, 9.17) is 46.4 Å². The zero-order chi connectivity index (χ0) is 30.6. The summed E-state index contributed by atoms with van der Waals surface area (Å²) in [4.78, 5) is 78.5. The lowest BCUT2D eigenvalue weighted by atomic mass is 10.0. The maximum Gasteiger partial charge on any atom is 0.356 e. The molecule has 0 atom stereocenters. The third-order valence-electron chi connectivity index (χ3n) is 5.68. The Morgan fingerprint density at radius 3 is 1.93 bits per heavy atom. The molecule has 2 aromatic carbocycles. The first-order valence-electron chi connectivity index (χ1n) is 10.6. The highest BCUT2D eigenvalue weighted by Gasteiger charge is 2.32. The lowest BCUT2D eigenvalue weighted by Crippen LogP contribution is -2.14. The summed E-state index contributed by atoms with van der Waals surface area (Å²) in [5.41, 5.74) is -2.65. The summed E-state index contributed by atoms with van der Waals surface area (Å²) in [6.45, 7) is 0. The Hall–Kier alpha value is -2.80. The molecule has 0 aliphatic rings. The highest BCUT2D eigenvalue weighted by Crippen LogP contribution is 2.42. The Bertz CT molecular complexity index is 1880. The molecule has 19 heteroatoms. The minimum Gasteiger partial charge on any atom is -0.507 e. The summed E-state index contributed by atoms with van der Waals surface area (Å²) in [6.07, 6.45) is 0. The van der Waals surface area contributed by atoms with Crippen molar-refractivity contribution in [1.29, 1.82) is 0 Å². The molecule has 0 saturated carbocycles. The first-order valence-corrected chi connectivity index (χ1v) is 15.4. The van der Waals surface area contributed by atoms with Crippen LogP contribution in [-0.2, 0) is 9.13 Å². The molecule has 0 unspecified atom stereocenters. The number of benzene rings is 2. The van der Waals surface area contributed by atoms with Gasteiger partial charge in [-0.3, -0.25) is 23.3 Å². The van der Waals surface area contributed by atoms with E-state index < -0.39 is 65.6 Å². The van der Waals surface area contributed by atoms with Crippen LogP contribution in [0.2, 0.25) is 20.4 Å². The zero-order valence-electron chi connectivity index (χ0n) is 19.6. The topological polar surface area (TPSA) is 220 Å². The van der Waals surface area contributed by atoms with Gasteiger partial charge in [0.15, 0.2) is 0 Å². The molecular formula is C22H13Cl4N3O10P2. The van der Waals surface area contributed by atoms with Crippen LogP contribution in [0.25, 0.3) is 5.69 Å². The van der Waals surface area contributed by atoms with Crippen molar-refractivity contribution in [2.75, 3.05) is 0 Å². The van der Waals surface area contributed by atoms with Crippen LogP contribution in [-0.4, -0.2) is 45.8 Å². The van der Waals surface area contributed by atoms with Crippen LogP contribution in [0.15, 0.2) is 47.6 Å². The minimum absolute atomic E-state index is 0.214. The van der Waals surface area contributed by atoms with Gasteiger partial charge in [-0.2, -0.15) is 0 Å². The van der Waals surface area contributed by atoms with Crippen molar-refractivity contribution in [2.45, 2.75) is 0 Å². The Labute approximate surface area is 248 Å². The fraction of sp³-hybridized carbons (Fsp3) is 0. The fourth-order valence-corrected chi connectivity index (χ4v) is 5.74. The van der Waals surface area contributed by atoms with Crippen molar-refractivity contribution in [1.82, 2.24) is 9.55 Å². The standard InChI is InChI=1S/C22H13Cl4N3O10P2/c23-12-7-14(19(31)11-4-2-9(6-15(11)30)41(37,38)39)29(22(12)26)18-16(24)21(25)27-17(18)20(32)10-3-1-8(40(34,35)36)5-13(10)28-33/h1-7,27,30H,(H2,34,35,36)(H2,37,38,39). The van der Waals surface area contributed by atoms with E-state index in [1.54, 1.807) is 0 Å². The number of phenolic OH excluding ortho intramolecular Hbond substituents is 1. The van der Waals surface area contributed by atoms with Gasteiger partial charge in [0, 0.05) is 0 Å². The van der Waals surface area contributed by atoms with Gasteiger partial charge in [0.2, 0.25) is 11.6 Å². The number of aromatic nitrogens is 2. The maximum absolute atomic E-state index is 13.6. The van der Waals surface area contributed by atoms with Crippen LogP contribution in [0.4, 0.5) is 5.69 Å². The number of hydrogen-bond donors (Lipinski definition) is 6. The number of nitroso groups, excluding NO2 is 1. The molecule has 0 spiro atoms. The van der Waals surface area contributed by atoms with Crippen molar-refractivity contribution in [2.24, 2.45) is 5.18 Å². The number of nitrogens with one attached hydrogen (secondary N) is 1. The quantitative estimate of drug-likeness (QED) is 0.0862. The first kappa shape index (κ1) is 31.1. The van der Waals surface area contributed by atoms with Gasteiger partial charge in [-0.1, -0.05) is 46.4 Å². The zero-order valence-corrected chi connectivity index (χ0v) is 24.4. The van der Waals surface area contributed by atoms with Crippen LogP contribution < -0.4 is 10.6 Å². The minimum atomic E-state index is -4.81. The van der Waals surface area contributed by atoms with Crippen LogP contribution in [0.3, 0.4) is 0 Å². The molecule has 41 heavy (non-hydrogen) atoms. The van der Waals surface area contributed by atoms with Crippen molar-refractivity contribution >= 4 is 89.5 Å². The normalized spacial score (nSPS) is 12.0. The number of carbonyl (C=O) groups is 2. The van der Waals surface area contributed by atoms with Gasteiger partial charge in [-0.25, -0.2) is 0 Å². The predicted molar refractivity (Wildman–Crippen MR) is 150 cm³/mol. The molecule has 0 saturated heterocycles. The van der Waals surface area contributed by atoms with Gasteiger partial charge >= 0.3 is 15.2 Å². The lowest BCUT2D eigenvalue weighted by Gasteiger charge is -2.13. The summed E-state index contributed by atoms with van der Waals surface area (Å²) in [7, 11) is -9.57. The van der Waals surface area contributed by atoms with E-state index >= 15 is 0 Å². The molecule has 4 rings (SSSR count). The smallest absolute Gasteiger partial charge is 0.356 e. The molecule has 4 aromatic rings. The van der Waals surface area contributed by atoms with Gasteiger partial charge in [0.25, 0.3) is 0 Å². The molecule has 214 valence electrons. The number of aromatic amines is 1. The predicted octanol–water partition coefficient (Wildman–Crippen LogP) is 4.59. The summed E-state index contributed by atoms with van der Waals surface area (Å²) >= 11 is 25.1. The molecule has 0 radical (unpaired) electrons. The van der Waals surface area contributed by atoms with E-state index in [-0.39, 0.29) is 31.7 Å². The molecule has 0 aliphatic heterocycles. The fourth-order valence-electron chi connectivity index (χ4n) is 3.79. The second-order valence-corrected chi connectivity index (χ2v) is 13.0. The summed E-state index contributed by atoms with van der Waals surface area (Å²) in [6, 6.07) is 6.23. The molecule has 6 N–H and O–H groups in total.